The highest BCUT2D eigenvalue weighted by Crippen LogP contribution is 2.36. The van der Waals surface area contributed by atoms with Gasteiger partial charge in [0.05, 0.1) is 17.5 Å². The number of nitrogens with one attached hydrogen (secondary N) is 1. The summed E-state index contributed by atoms with van der Waals surface area (Å²) in [5.41, 5.74) is 3.01. The van der Waals surface area contributed by atoms with E-state index in [1.165, 1.54) is 10.5 Å². The fraction of sp³-hybridized carbons (Fsp3) is 0.385. The van der Waals surface area contributed by atoms with Crippen LogP contribution in [-0.2, 0) is 9.59 Å². The molecule has 2 aromatic carbocycles. The van der Waals surface area contributed by atoms with Gasteiger partial charge in [-0.15, -0.1) is 0 Å². The molecule has 1 N–H and O–H groups in total. The highest BCUT2D eigenvalue weighted by Gasteiger charge is 2.30. The lowest BCUT2D eigenvalue weighted by molar-refractivity contribution is -0.121. The number of amides is 3. The van der Waals surface area contributed by atoms with Crippen LogP contribution in [0.1, 0.15) is 28.8 Å². The minimum absolute atomic E-state index is 0.214. The molecule has 3 heterocycles. The number of benzene rings is 2. The van der Waals surface area contributed by atoms with E-state index in [4.69, 9.17) is 9.72 Å². The molecule has 36 heavy (non-hydrogen) atoms. The summed E-state index contributed by atoms with van der Waals surface area (Å²) in [5, 5.41) is 3.97. The average molecular weight is 508 g/mol. The van der Waals surface area contributed by atoms with Crippen molar-refractivity contribution in [2.75, 3.05) is 56.2 Å². The normalized spacial score (nSPS) is 16.7. The van der Waals surface area contributed by atoms with E-state index in [1.807, 2.05) is 6.07 Å². The lowest BCUT2D eigenvalue weighted by Gasteiger charge is -2.34. The molecule has 0 aliphatic carbocycles. The van der Waals surface area contributed by atoms with Crippen LogP contribution in [0.25, 0.3) is 10.2 Å². The molecule has 2 saturated heterocycles. The van der Waals surface area contributed by atoms with Crippen LogP contribution >= 0.6 is 11.3 Å². The maximum atomic E-state index is 12.7. The van der Waals surface area contributed by atoms with Crippen molar-refractivity contribution in [2.45, 2.75) is 19.8 Å². The molecule has 2 aliphatic rings. The quantitative estimate of drug-likeness (QED) is 0.492. The summed E-state index contributed by atoms with van der Waals surface area (Å²) in [7, 11) is 1.67. The largest absolute Gasteiger partial charge is 0.494 e. The van der Waals surface area contributed by atoms with Gasteiger partial charge >= 0.3 is 0 Å². The Morgan fingerprint density at radius 2 is 1.83 bits per heavy atom. The number of carbonyl (C=O) groups excluding carboxylic acids is 3. The van der Waals surface area contributed by atoms with Crippen molar-refractivity contribution >= 4 is 50.1 Å². The van der Waals surface area contributed by atoms with Crippen molar-refractivity contribution in [1.29, 1.82) is 0 Å². The van der Waals surface area contributed by atoms with Gasteiger partial charge in [0, 0.05) is 57.7 Å². The van der Waals surface area contributed by atoms with Gasteiger partial charge in [-0.3, -0.25) is 24.2 Å². The minimum Gasteiger partial charge on any atom is -0.494 e. The summed E-state index contributed by atoms with van der Waals surface area (Å²) in [4.78, 5) is 47.3. The Labute approximate surface area is 213 Å². The Balaban J connectivity index is 1.13. The Bertz CT molecular complexity index is 1300. The number of fused-ring (bicyclic) bond motifs is 1. The van der Waals surface area contributed by atoms with E-state index in [-0.39, 0.29) is 30.6 Å². The van der Waals surface area contributed by atoms with Gasteiger partial charge in [-0.05, 0) is 36.8 Å². The number of hydrogen-bond donors (Lipinski definition) is 1. The molecule has 2 fully saturated rings. The number of aryl methyl sites for hydroxylation is 1. The molecule has 5 rings (SSSR count). The van der Waals surface area contributed by atoms with Crippen LogP contribution in [0.2, 0.25) is 0 Å². The van der Waals surface area contributed by atoms with E-state index in [2.05, 4.69) is 28.1 Å². The van der Waals surface area contributed by atoms with Crippen LogP contribution < -0.4 is 19.9 Å². The summed E-state index contributed by atoms with van der Waals surface area (Å²) in [6, 6.07) is 10.7. The van der Waals surface area contributed by atoms with Gasteiger partial charge < -0.3 is 15.0 Å². The van der Waals surface area contributed by atoms with E-state index >= 15 is 0 Å². The summed E-state index contributed by atoms with van der Waals surface area (Å²) in [5.74, 6) is 0.138. The van der Waals surface area contributed by atoms with Crippen LogP contribution in [0, 0.1) is 6.92 Å². The minimum atomic E-state index is -0.225. The van der Waals surface area contributed by atoms with Gasteiger partial charge in [0.25, 0.3) is 5.91 Å². The number of imide groups is 1. The van der Waals surface area contributed by atoms with Crippen molar-refractivity contribution < 1.29 is 19.1 Å². The molecule has 3 amide bonds. The third-order valence-electron chi connectivity index (χ3n) is 6.69. The third-order valence-corrected chi connectivity index (χ3v) is 7.94. The summed E-state index contributed by atoms with van der Waals surface area (Å²) >= 11 is 1.70. The number of ether oxygens (including phenoxy) is 1. The fourth-order valence-corrected chi connectivity index (χ4v) is 5.74. The number of anilines is 2. The molecule has 0 spiro atoms. The Kier molecular flexibility index (Phi) is 6.88. The van der Waals surface area contributed by atoms with Crippen LogP contribution in [0.4, 0.5) is 10.8 Å². The Hall–Kier alpha value is -3.50. The second kappa shape index (κ2) is 10.2. The van der Waals surface area contributed by atoms with Crippen molar-refractivity contribution in [2.24, 2.45) is 0 Å². The number of nitrogens with zero attached hydrogens (tertiary/aromatic N) is 4. The second-order valence-corrected chi connectivity index (χ2v) is 9.99. The first-order chi connectivity index (χ1) is 17.4. The number of carbonyl (C=O) groups is 3. The molecular formula is C26H29N5O4S. The van der Waals surface area contributed by atoms with E-state index in [0.717, 1.165) is 53.8 Å². The van der Waals surface area contributed by atoms with Crippen molar-refractivity contribution in [3.8, 4) is 5.75 Å². The van der Waals surface area contributed by atoms with Crippen molar-refractivity contribution in [3.05, 3.63) is 47.5 Å². The number of hydrogen-bond acceptors (Lipinski definition) is 8. The van der Waals surface area contributed by atoms with Crippen molar-refractivity contribution in [1.82, 2.24) is 15.2 Å². The zero-order chi connectivity index (χ0) is 25.2. The zero-order valence-corrected chi connectivity index (χ0v) is 21.3. The SMILES string of the molecule is COc1ccc(C)c2sc(N3CCN(CCNC(=O)c4cccc(N5C(=O)CCC5=O)c4)CC3)nc12. The second-order valence-electron chi connectivity index (χ2n) is 9.02. The standard InChI is InChI=1S/C26H29N5O4S/c1-17-6-7-20(35-2)23-24(17)36-26(28-23)30-14-12-29(13-15-30)11-10-27-25(34)18-4-3-5-19(16-18)31-21(32)8-9-22(31)33/h3-7,16H,8-15H2,1-2H3,(H,27,34). The first-order valence-electron chi connectivity index (χ1n) is 12.1. The molecule has 0 unspecified atom stereocenters. The molecule has 0 bridgehead atoms. The molecule has 3 aromatic rings. The molecule has 10 heteroatoms. The number of methoxy groups -OCH3 is 1. The van der Waals surface area contributed by atoms with Crippen molar-refractivity contribution in [3.63, 3.8) is 0 Å². The van der Waals surface area contributed by atoms with Crippen LogP contribution in [0.3, 0.4) is 0 Å². The molecule has 2 aliphatic heterocycles. The summed E-state index contributed by atoms with van der Waals surface area (Å²) in [6.07, 6.45) is 0.435. The summed E-state index contributed by atoms with van der Waals surface area (Å²) < 4.78 is 6.65. The average Bonchev–Trinajstić information content (AvgIpc) is 3.49. The monoisotopic (exact) mass is 507 g/mol. The number of aromatic nitrogens is 1. The smallest absolute Gasteiger partial charge is 0.251 e. The van der Waals surface area contributed by atoms with Gasteiger partial charge in [-0.25, -0.2) is 4.98 Å². The number of piperazine rings is 1. The van der Waals surface area contributed by atoms with Gasteiger partial charge in [0.2, 0.25) is 11.8 Å². The highest BCUT2D eigenvalue weighted by atomic mass is 32.1. The molecule has 0 radical (unpaired) electrons. The number of thiazole rings is 1. The predicted octanol–water partition coefficient (Wildman–Crippen LogP) is 2.82. The van der Waals surface area contributed by atoms with Gasteiger partial charge in [0.1, 0.15) is 11.3 Å². The van der Waals surface area contributed by atoms with E-state index < -0.39 is 0 Å². The van der Waals surface area contributed by atoms with Gasteiger partial charge in [-0.1, -0.05) is 23.5 Å². The molecule has 9 nitrogen and oxygen atoms in total. The van der Waals surface area contributed by atoms with E-state index in [9.17, 15) is 14.4 Å². The molecular weight excluding hydrogens is 478 g/mol. The lowest BCUT2D eigenvalue weighted by Crippen LogP contribution is -2.48. The molecule has 1 aromatic heterocycles. The molecule has 188 valence electrons. The third kappa shape index (κ3) is 4.78. The fourth-order valence-electron chi connectivity index (χ4n) is 4.64. The maximum Gasteiger partial charge on any atom is 0.251 e. The Morgan fingerprint density at radius 3 is 2.56 bits per heavy atom. The summed E-state index contributed by atoms with van der Waals surface area (Å²) in [6.45, 7) is 6.87. The van der Waals surface area contributed by atoms with Crippen LogP contribution in [-0.4, -0.2) is 74.0 Å². The van der Waals surface area contributed by atoms with Crippen LogP contribution in [0.15, 0.2) is 36.4 Å². The predicted molar refractivity (Wildman–Crippen MR) is 140 cm³/mol. The lowest BCUT2D eigenvalue weighted by atomic mass is 10.1. The maximum absolute atomic E-state index is 12.7. The van der Waals surface area contributed by atoms with Gasteiger partial charge in [0.15, 0.2) is 5.13 Å². The van der Waals surface area contributed by atoms with Crippen LogP contribution in [0.5, 0.6) is 5.75 Å². The zero-order valence-electron chi connectivity index (χ0n) is 20.5. The van der Waals surface area contributed by atoms with E-state index in [1.54, 1.807) is 42.7 Å². The first-order valence-corrected chi connectivity index (χ1v) is 12.9. The number of rotatable bonds is 7. The van der Waals surface area contributed by atoms with Gasteiger partial charge in [-0.2, -0.15) is 0 Å². The molecule has 0 atom stereocenters. The van der Waals surface area contributed by atoms with E-state index in [0.29, 0.717) is 17.8 Å². The first kappa shape index (κ1) is 24.2. The Morgan fingerprint density at radius 1 is 1.08 bits per heavy atom. The molecule has 0 saturated carbocycles. The highest BCUT2D eigenvalue weighted by molar-refractivity contribution is 7.22. The topological polar surface area (TPSA) is 95.1 Å².